The maximum atomic E-state index is 12.2. The van der Waals surface area contributed by atoms with Crippen LogP contribution in [-0.2, 0) is 17.3 Å². The van der Waals surface area contributed by atoms with Gasteiger partial charge in [-0.05, 0) is 19.9 Å². The van der Waals surface area contributed by atoms with Gasteiger partial charge in [0.2, 0.25) is 5.91 Å². The number of rotatable bonds is 6. The van der Waals surface area contributed by atoms with Gasteiger partial charge in [0.05, 0.1) is 18.3 Å². The van der Waals surface area contributed by atoms with Crippen molar-refractivity contribution in [3.05, 3.63) is 30.2 Å². The third-order valence-electron chi connectivity index (χ3n) is 4.17. The standard InChI is InChI=1S/C17H28N6O/c1-12(13(2)23-9-7-8-19-23)18-11-16(24)20-15-10-14(17(3,4)5)21-22(15)6/h7-10,12-13,18H,11H2,1-6H3,(H,20,24)/t12-,13+/m0/s1. The molecule has 24 heavy (non-hydrogen) atoms. The lowest BCUT2D eigenvalue weighted by atomic mass is 9.92. The number of anilines is 1. The van der Waals surface area contributed by atoms with Gasteiger partial charge in [0.1, 0.15) is 5.82 Å². The van der Waals surface area contributed by atoms with Crippen molar-refractivity contribution in [2.24, 2.45) is 7.05 Å². The molecule has 2 N–H and O–H groups in total. The van der Waals surface area contributed by atoms with Crippen molar-refractivity contribution in [2.45, 2.75) is 52.1 Å². The highest BCUT2D eigenvalue weighted by Gasteiger charge is 2.20. The quantitative estimate of drug-likeness (QED) is 0.849. The molecule has 0 saturated carbocycles. The average Bonchev–Trinajstić information content (AvgIpc) is 3.14. The molecule has 0 aliphatic rings. The Morgan fingerprint density at radius 1 is 1.33 bits per heavy atom. The van der Waals surface area contributed by atoms with Gasteiger partial charge in [0.15, 0.2) is 0 Å². The molecule has 2 atom stereocenters. The molecule has 0 aliphatic carbocycles. The van der Waals surface area contributed by atoms with Crippen molar-refractivity contribution < 1.29 is 4.79 Å². The van der Waals surface area contributed by atoms with Crippen LogP contribution in [0.1, 0.15) is 46.4 Å². The Bertz CT molecular complexity index is 668. The van der Waals surface area contributed by atoms with Gasteiger partial charge < -0.3 is 10.6 Å². The lowest BCUT2D eigenvalue weighted by Gasteiger charge is -2.21. The summed E-state index contributed by atoms with van der Waals surface area (Å²) in [6, 6.07) is 4.10. The van der Waals surface area contributed by atoms with E-state index in [0.29, 0.717) is 5.82 Å². The first-order valence-corrected chi connectivity index (χ1v) is 8.25. The van der Waals surface area contributed by atoms with Crippen molar-refractivity contribution in [2.75, 3.05) is 11.9 Å². The molecule has 7 heteroatoms. The number of nitrogens with one attached hydrogen (secondary N) is 2. The van der Waals surface area contributed by atoms with E-state index in [2.05, 4.69) is 48.5 Å². The van der Waals surface area contributed by atoms with E-state index in [0.717, 1.165) is 5.69 Å². The topological polar surface area (TPSA) is 76.8 Å². The van der Waals surface area contributed by atoms with Crippen LogP contribution in [0.15, 0.2) is 24.5 Å². The summed E-state index contributed by atoms with van der Waals surface area (Å²) in [4.78, 5) is 12.2. The van der Waals surface area contributed by atoms with Gasteiger partial charge in [-0.1, -0.05) is 20.8 Å². The Kier molecular flexibility index (Phi) is 5.43. The summed E-state index contributed by atoms with van der Waals surface area (Å²) in [7, 11) is 1.83. The number of carbonyl (C=O) groups excluding carboxylic acids is 1. The third kappa shape index (κ3) is 4.44. The first-order valence-electron chi connectivity index (χ1n) is 8.25. The lowest BCUT2D eigenvalue weighted by molar-refractivity contribution is -0.115. The van der Waals surface area contributed by atoms with Crippen molar-refractivity contribution in [3.63, 3.8) is 0 Å². The molecule has 2 rings (SSSR count). The molecule has 2 heterocycles. The van der Waals surface area contributed by atoms with Crippen LogP contribution in [-0.4, -0.2) is 38.1 Å². The van der Waals surface area contributed by atoms with Crippen LogP contribution in [0, 0.1) is 0 Å². The highest BCUT2D eigenvalue weighted by Crippen LogP contribution is 2.23. The smallest absolute Gasteiger partial charge is 0.239 e. The monoisotopic (exact) mass is 332 g/mol. The van der Waals surface area contributed by atoms with Gasteiger partial charge in [0.25, 0.3) is 0 Å². The number of hydrogen-bond donors (Lipinski definition) is 2. The molecule has 2 aromatic heterocycles. The Balaban J connectivity index is 1.88. The predicted molar refractivity (Wildman–Crippen MR) is 94.9 cm³/mol. The van der Waals surface area contributed by atoms with Crippen molar-refractivity contribution in [1.29, 1.82) is 0 Å². The molecule has 132 valence electrons. The predicted octanol–water partition coefficient (Wildman–Crippen LogP) is 2.09. The van der Waals surface area contributed by atoms with E-state index in [1.807, 2.05) is 37.0 Å². The number of amides is 1. The number of hydrogen-bond acceptors (Lipinski definition) is 4. The summed E-state index contributed by atoms with van der Waals surface area (Å²) in [6.45, 7) is 10.6. The van der Waals surface area contributed by atoms with E-state index in [1.54, 1.807) is 10.9 Å². The minimum absolute atomic E-state index is 0.0489. The van der Waals surface area contributed by atoms with Crippen LogP contribution < -0.4 is 10.6 Å². The fourth-order valence-electron chi connectivity index (χ4n) is 2.31. The van der Waals surface area contributed by atoms with Crippen LogP contribution in [0.2, 0.25) is 0 Å². The minimum atomic E-state index is -0.0852. The van der Waals surface area contributed by atoms with Crippen LogP contribution in [0.25, 0.3) is 0 Å². The SMILES string of the molecule is C[C@H](NCC(=O)Nc1cc(C(C)(C)C)nn1C)[C@@H](C)n1cccn1. The Labute approximate surface area is 143 Å². The largest absolute Gasteiger partial charge is 0.310 e. The lowest BCUT2D eigenvalue weighted by Crippen LogP contribution is -2.39. The van der Waals surface area contributed by atoms with E-state index in [1.165, 1.54) is 0 Å². The number of aryl methyl sites for hydroxylation is 1. The molecule has 0 saturated heterocycles. The Hall–Kier alpha value is -2.15. The van der Waals surface area contributed by atoms with E-state index in [-0.39, 0.29) is 30.0 Å². The summed E-state index contributed by atoms with van der Waals surface area (Å²) in [5.74, 6) is 0.623. The first kappa shape index (κ1) is 18.2. The van der Waals surface area contributed by atoms with Gasteiger partial charge in [-0.3, -0.25) is 14.2 Å². The van der Waals surface area contributed by atoms with Crippen molar-refractivity contribution in [3.8, 4) is 0 Å². The first-order chi connectivity index (χ1) is 11.2. The Morgan fingerprint density at radius 2 is 2.04 bits per heavy atom. The molecule has 0 radical (unpaired) electrons. The van der Waals surface area contributed by atoms with Crippen LogP contribution in [0.4, 0.5) is 5.82 Å². The molecule has 2 aromatic rings. The van der Waals surface area contributed by atoms with E-state index in [9.17, 15) is 4.79 Å². The zero-order chi connectivity index (χ0) is 17.9. The number of carbonyl (C=O) groups is 1. The van der Waals surface area contributed by atoms with Gasteiger partial charge >= 0.3 is 0 Å². The van der Waals surface area contributed by atoms with E-state index >= 15 is 0 Å². The summed E-state index contributed by atoms with van der Waals surface area (Å²) in [5, 5.41) is 14.8. The maximum Gasteiger partial charge on any atom is 0.239 e. The number of aromatic nitrogens is 4. The van der Waals surface area contributed by atoms with Crippen LogP contribution in [0.3, 0.4) is 0 Å². The highest BCUT2D eigenvalue weighted by atomic mass is 16.2. The fraction of sp³-hybridized carbons (Fsp3) is 0.588. The van der Waals surface area contributed by atoms with Crippen molar-refractivity contribution >= 4 is 11.7 Å². The number of nitrogens with zero attached hydrogens (tertiary/aromatic N) is 4. The average molecular weight is 332 g/mol. The summed E-state index contributed by atoms with van der Waals surface area (Å²) >= 11 is 0. The second-order valence-electron chi connectivity index (χ2n) is 7.23. The van der Waals surface area contributed by atoms with Crippen LogP contribution in [0.5, 0.6) is 0 Å². The minimum Gasteiger partial charge on any atom is -0.310 e. The molecule has 0 unspecified atom stereocenters. The molecular weight excluding hydrogens is 304 g/mol. The summed E-state index contributed by atoms with van der Waals surface area (Å²) in [6.07, 6.45) is 3.68. The highest BCUT2D eigenvalue weighted by molar-refractivity contribution is 5.91. The zero-order valence-corrected chi connectivity index (χ0v) is 15.4. The Morgan fingerprint density at radius 3 is 2.58 bits per heavy atom. The van der Waals surface area contributed by atoms with Gasteiger partial charge in [-0.15, -0.1) is 0 Å². The molecule has 0 aromatic carbocycles. The molecule has 1 amide bonds. The van der Waals surface area contributed by atoms with E-state index in [4.69, 9.17) is 0 Å². The second kappa shape index (κ2) is 7.17. The summed E-state index contributed by atoms with van der Waals surface area (Å²) in [5.41, 5.74) is 0.904. The second-order valence-corrected chi connectivity index (χ2v) is 7.23. The summed E-state index contributed by atoms with van der Waals surface area (Å²) < 4.78 is 3.58. The fourth-order valence-corrected chi connectivity index (χ4v) is 2.31. The third-order valence-corrected chi connectivity index (χ3v) is 4.17. The molecule has 7 nitrogen and oxygen atoms in total. The van der Waals surface area contributed by atoms with Crippen molar-refractivity contribution in [1.82, 2.24) is 24.9 Å². The van der Waals surface area contributed by atoms with E-state index < -0.39 is 0 Å². The molecule has 0 fully saturated rings. The van der Waals surface area contributed by atoms with Crippen LogP contribution >= 0.6 is 0 Å². The van der Waals surface area contributed by atoms with Gasteiger partial charge in [-0.2, -0.15) is 10.2 Å². The molecular formula is C17H28N6O. The molecule has 0 bridgehead atoms. The normalized spacial score (nSPS) is 14.4. The van der Waals surface area contributed by atoms with Gasteiger partial charge in [-0.25, -0.2) is 0 Å². The molecule has 0 aliphatic heterocycles. The zero-order valence-electron chi connectivity index (χ0n) is 15.4. The molecule has 0 spiro atoms. The van der Waals surface area contributed by atoms with Gasteiger partial charge in [0, 0.05) is 37.0 Å². The maximum absolute atomic E-state index is 12.2.